The van der Waals surface area contributed by atoms with Crippen molar-refractivity contribution in [1.29, 1.82) is 0 Å². The summed E-state index contributed by atoms with van der Waals surface area (Å²) < 4.78 is 32.7. The molecule has 3 heterocycles. The predicted molar refractivity (Wildman–Crippen MR) is 256 cm³/mol. The zero-order chi connectivity index (χ0) is 49.8. The van der Waals surface area contributed by atoms with Crippen molar-refractivity contribution < 1.29 is 47.7 Å². The van der Waals surface area contributed by atoms with Crippen LogP contribution in [-0.4, -0.2) is 133 Å². The summed E-state index contributed by atoms with van der Waals surface area (Å²) in [6.45, 7) is 11.8. The Morgan fingerprint density at radius 3 is 2.12 bits per heavy atom. The van der Waals surface area contributed by atoms with Gasteiger partial charge in [0.05, 0.1) is 56.3 Å². The van der Waals surface area contributed by atoms with E-state index in [9.17, 15) is 18.9 Å². The average molecular weight is 921 g/mol. The van der Waals surface area contributed by atoms with Crippen LogP contribution >= 0.6 is 0 Å². The third-order valence-corrected chi connectivity index (χ3v) is 9.47. The van der Waals surface area contributed by atoms with E-state index < -0.39 is 18.5 Å². The SMILES string of the molecule is C#C.CCC.CCCN(Cc1ncc(-c2ccc3c(c2)COc2cc4c(ccc5[nH]c(CN(CCC)C(=O)[C@H](CC)NC)nc54)cc2-3)[nH]1)C(=O)CN(F)C(=O)OC.CO.COC.COC=O. The summed E-state index contributed by atoms with van der Waals surface area (Å²) in [4.78, 5) is 65.8. The third kappa shape index (κ3) is 16.2. The minimum absolute atomic E-state index is 0.0737. The molecule has 2 aromatic heterocycles. The number of hydrogen-bond donors (Lipinski definition) is 4. The van der Waals surface area contributed by atoms with E-state index in [1.807, 2.05) is 37.9 Å². The van der Waals surface area contributed by atoms with Crippen molar-refractivity contribution in [1.82, 2.24) is 40.2 Å². The van der Waals surface area contributed by atoms with Gasteiger partial charge in [-0.25, -0.2) is 14.8 Å². The van der Waals surface area contributed by atoms with Crippen LogP contribution in [0.25, 0.3) is 44.2 Å². The number of aliphatic hydroxyl groups excluding tert-OH is 1. The number of amides is 3. The molecule has 6 rings (SSSR count). The van der Waals surface area contributed by atoms with Gasteiger partial charge in [0.15, 0.2) is 0 Å². The smallest absolute Gasteiger partial charge is 0.438 e. The normalized spacial score (nSPS) is 10.9. The number of nitrogens with zero attached hydrogens (tertiary/aromatic N) is 5. The van der Waals surface area contributed by atoms with E-state index in [4.69, 9.17) is 19.6 Å². The topological polar surface area (TPSA) is 205 Å². The second kappa shape index (κ2) is 31.3. The molecule has 0 saturated carbocycles. The largest absolute Gasteiger partial charge is 0.488 e. The molecule has 5 aromatic rings. The number of rotatable bonds is 15. The Morgan fingerprint density at radius 1 is 0.924 bits per heavy atom. The molecule has 362 valence electrons. The quantitative estimate of drug-likeness (QED) is 0.0460. The molecule has 0 spiro atoms. The molecule has 1 atom stereocenters. The molecule has 0 radical (unpaired) electrons. The highest BCUT2D eigenvalue weighted by Crippen LogP contribution is 2.42. The van der Waals surface area contributed by atoms with Gasteiger partial charge in [-0.1, -0.05) is 63.7 Å². The minimum Gasteiger partial charge on any atom is -0.488 e. The van der Waals surface area contributed by atoms with E-state index in [0.717, 1.165) is 82.0 Å². The third-order valence-electron chi connectivity index (χ3n) is 9.47. The maximum Gasteiger partial charge on any atom is 0.438 e. The Hall–Kier alpha value is -6.55. The van der Waals surface area contributed by atoms with Crippen LogP contribution in [0.15, 0.2) is 48.7 Å². The number of aromatic amines is 2. The van der Waals surface area contributed by atoms with E-state index in [1.165, 1.54) is 18.4 Å². The second-order valence-electron chi connectivity index (χ2n) is 14.4. The lowest BCUT2D eigenvalue weighted by Gasteiger charge is -2.25. The number of methoxy groups -OCH3 is 3. The molecule has 1 aliphatic rings. The first-order chi connectivity index (χ1) is 31.9. The number of ether oxygens (including phenoxy) is 4. The summed E-state index contributed by atoms with van der Waals surface area (Å²) in [6, 6.07) is 14.2. The van der Waals surface area contributed by atoms with Gasteiger partial charge in [0, 0.05) is 45.4 Å². The zero-order valence-electron chi connectivity index (χ0n) is 40.3. The Bertz CT molecular complexity index is 2260. The summed E-state index contributed by atoms with van der Waals surface area (Å²) in [7, 11) is 8.43. The summed E-state index contributed by atoms with van der Waals surface area (Å²) in [5.41, 5.74) is 6.48. The molecule has 0 unspecified atom stereocenters. The zero-order valence-corrected chi connectivity index (χ0v) is 40.3. The first kappa shape index (κ1) is 57.5. The molecule has 17 nitrogen and oxygen atoms in total. The molecule has 1 aliphatic heterocycles. The number of aromatic nitrogens is 4. The van der Waals surface area contributed by atoms with Gasteiger partial charge in [-0.3, -0.25) is 14.4 Å². The monoisotopic (exact) mass is 921 g/mol. The molecule has 3 aromatic carbocycles. The number of imidazole rings is 2. The van der Waals surface area contributed by atoms with E-state index in [-0.39, 0.29) is 23.6 Å². The van der Waals surface area contributed by atoms with Gasteiger partial charge in [0.1, 0.15) is 30.5 Å². The number of nitrogens with one attached hydrogen (secondary N) is 3. The number of likely N-dealkylation sites (N-methyl/N-ethyl adjacent to an activating group) is 1. The molecular weight excluding hydrogens is 852 g/mol. The first-order valence-corrected chi connectivity index (χ1v) is 21.6. The van der Waals surface area contributed by atoms with Crippen molar-refractivity contribution in [3.63, 3.8) is 0 Å². The van der Waals surface area contributed by atoms with E-state index in [0.29, 0.717) is 51.4 Å². The molecule has 0 fully saturated rings. The molecule has 0 bridgehead atoms. The summed E-state index contributed by atoms with van der Waals surface area (Å²) in [5, 5.41) is 11.9. The lowest BCUT2D eigenvalue weighted by Crippen LogP contribution is -2.45. The van der Waals surface area contributed by atoms with Crippen LogP contribution in [0.4, 0.5) is 9.28 Å². The summed E-state index contributed by atoms with van der Waals surface area (Å²) >= 11 is 0. The molecular formula is C48H69FN8O9. The predicted octanol–water partition coefficient (Wildman–Crippen LogP) is 7.42. The number of fused-ring (bicyclic) bond motifs is 6. The number of hydrogen-bond acceptors (Lipinski definition) is 12. The van der Waals surface area contributed by atoms with Crippen molar-refractivity contribution in [2.45, 2.75) is 86.0 Å². The number of terminal acetylenes is 1. The van der Waals surface area contributed by atoms with Crippen molar-refractivity contribution in [2.75, 3.05) is 62.2 Å². The van der Waals surface area contributed by atoms with Crippen molar-refractivity contribution in [2.24, 2.45) is 0 Å². The van der Waals surface area contributed by atoms with Crippen molar-refractivity contribution in [3.05, 3.63) is 65.9 Å². The number of benzene rings is 3. The number of carbonyl (C=O) groups is 4. The number of aliphatic hydroxyl groups is 1. The highest BCUT2D eigenvalue weighted by Gasteiger charge is 2.25. The molecule has 0 saturated heterocycles. The van der Waals surface area contributed by atoms with Gasteiger partial charge in [-0.05, 0) is 72.7 Å². The van der Waals surface area contributed by atoms with Crippen LogP contribution in [0.3, 0.4) is 0 Å². The van der Waals surface area contributed by atoms with Crippen LogP contribution in [0.2, 0.25) is 0 Å². The lowest BCUT2D eigenvalue weighted by atomic mass is 9.92. The van der Waals surface area contributed by atoms with Crippen LogP contribution in [0.1, 0.15) is 77.5 Å². The Balaban J connectivity index is 0.00000139. The highest BCUT2D eigenvalue weighted by atomic mass is 19.2. The number of H-pyrrole nitrogens is 2. The van der Waals surface area contributed by atoms with Gasteiger partial charge in [-0.15, -0.1) is 18.0 Å². The van der Waals surface area contributed by atoms with Crippen LogP contribution in [-0.2, 0) is 48.3 Å². The number of carbonyl (C=O) groups excluding carboxylic acids is 4. The summed E-state index contributed by atoms with van der Waals surface area (Å²) in [5.74, 6) is 1.56. The van der Waals surface area contributed by atoms with Crippen LogP contribution < -0.4 is 10.1 Å². The van der Waals surface area contributed by atoms with Gasteiger partial charge in [-0.2, -0.15) is 0 Å². The Labute approximate surface area is 388 Å². The Morgan fingerprint density at radius 2 is 1.55 bits per heavy atom. The minimum atomic E-state index is -1.23. The number of halogens is 1. The fraction of sp³-hybridized carbons (Fsp3) is 0.458. The molecule has 4 N–H and O–H groups in total. The Kier molecular flexibility index (Phi) is 27.3. The fourth-order valence-electron chi connectivity index (χ4n) is 6.74. The first-order valence-electron chi connectivity index (χ1n) is 21.6. The van der Waals surface area contributed by atoms with Crippen molar-refractivity contribution in [3.8, 4) is 41.0 Å². The lowest BCUT2D eigenvalue weighted by molar-refractivity contribution is -0.136. The van der Waals surface area contributed by atoms with E-state index in [1.54, 1.807) is 20.4 Å². The van der Waals surface area contributed by atoms with Crippen LogP contribution in [0.5, 0.6) is 5.75 Å². The second-order valence-corrected chi connectivity index (χ2v) is 14.4. The van der Waals surface area contributed by atoms with Gasteiger partial charge < -0.3 is 49.1 Å². The maximum atomic E-state index is 14.0. The van der Waals surface area contributed by atoms with Gasteiger partial charge in [0.2, 0.25) is 11.8 Å². The molecule has 18 heteroatoms. The van der Waals surface area contributed by atoms with Crippen LogP contribution in [0, 0.1) is 12.8 Å². The fourth-order valence-corrected chi connectivity index (χ4v) is 6.74. The van der Waals surface area contributed by atoms with Gasteiger partial charge in [0.25, 0.3) is 6.47 Å². The van der Waals surface area contributed by atoms with Crippen molar-refractivity contribution >= 4 is 46.2 Å². The van der Waals surface area contributed by atoms with Gasteiger partial charge >= 0.3 is 6.09 Å². The van der Waals surface area contributed by atoms with E-state index >= 15 is 0 Å². The molecule has 3 amide bonds. The average Bonchev–Trinajstić information content (AvgIpc) is 3.99. The molecule has 0 aliphatic carbocycles. The van der Waals surface area contributed by atoms with E-state index in [2.05, 4.69) is 98.4 Å². The highest BCUT2D eigenvalue weighted by molar-refractivity contribution is 6.07. The molecule has 66 heavy (non-hydrogen) atoms. The summed E-state index contributed by atoms with van der Waals surface area (Å²) in [6.07, 6.45) is 11.9. The maximum absolute atomic E-state index is 14.0. The standard InChI is InChI=1S/C38H45FN8O5.C3H8.C2H4O2.C2H6O.C2H2.CH4O/c1-6-13-45(35(48)21-47(39)38(50)51-5)19-33-41-18-31(43-33)24-9-11-26-25(15-24)22-52-32-17-27-23(16-28(26)32)10-12-30-36(27)44-34(42-30)20-46(14-7-2)37(49)29(8-3)40-4;1-3-2;1-4-2-3;1-3-2;2*1-2/h9-12,15-18,29,40H,6-8,13-14,19-22H2,1-5H3,(H,41,43)(H,42,44);3H2,1-2H3;2H,1H3;1-2H3;1-2H;2H,1H3/t29-;;;;;/m0...../s1.